The van der Waals surface area contributed by atoms with Crippen LogP contribution in [0.3, 0.4) is 0 Å². The minimum absolute atomic E-state index is 0.564. The lowest BCUT2D eigenvalue weighted by molar-refractivity contribution is 0.284. The molecule has 0 aromatic carbocycles. The minimum Gasteiger partial charge on any atom is -0.248 e. The van der Waals surface area contributed by atoms with Gasteiger partial charge < -0.3 is 0 Å². The first-order chi connectivity index (χ1) is 6.60. The van der Waals surface area contributed by atoms with E-state index in [-0.39, 0.29) is 0 Å². The summed E-state index contributed by atoms with van der Waals surface area (Å²) in [5.41, 5.74) is 0. The van der Waals surface area contributed by atoms with E-state index in [1.54, 1.807) is 0 Å². The van der Waals surface area contributed by atoms with Crippen LogP contribution in [0.2, 0.25) is 0 Å². The molecule has 0 aliphatic heterocycles. The van der Waals surface area contributed by atoms with Gasteiger partial charge in [-0.25, -0.2) is 4.39 Å². The van der Waals surface area contributed by atoms with Crippen LogP contribution in [0, 0.1) is 11.8 Å². The Hall–Kier alpha value is -0.0700. The van der Waals surface area contributed by atoms with E-state index in [1.807, 2.05) is 6.92 Å². The zero-order valence-electron chi connectivity index (χ0n) is 10.4. The first-order valence-electron chi connectivity index (χ1n) is 6.24. The fourth-order valence-electron chi connectivity index (χ4n) is 1.86. The van der Waals surface area contributed by atoms with Gasteiger partial charge in [-0.05, 0) is 31.1 Å². The maximum atomic E-state index is 12.9. The monoisotopic (exact) mass is 202 g/mol. The van der Waals surface area contributed by atoms with Crippen molar-refractivity contribution in [3.8, 4) is 0 Å². The molecule has 0 amide bonds. The van der Waals surface area contributed by atoms with E-state index < -0.39 is 6.17 Å². The molecule has 0 bridgehead atoms. The standard InChI is InChI=1S/C13H27F/c1-5-11(3)10-12(4)8-7-9-13(14)6-2/h11-13H,5-10H2,1-4H3. The molecule has 0 nitrogen and oxygen atoms in total. The van der Waals surface area contributed by atoms with Crippen molar-refractivity contribution in [2.75, 3.05) is 0 Å². The molecule has 0 aromatic heterocycles. The molecule has 0 spiro atoms. The van der Waals surface area contributed by atoms with Crippen molar-refractivity contribution in [3.63, 3.8) is 0 Å². The van der Waals surface area contributed by atoms with Crippen molar-refractivity contribution >= 4 is 0 Å². The average Bonchev–Trinajstić information content (AvgIpc) is 2.17. The number of hydrogen-bond acceptors (Lipinski definition) is 0. The topological polar surface area (TPSA) is 0 Å². The third kappa shape index (κ3) is 7.34. The highest BCUT2D eigenvalue weighted by atomic mass is 19.1. The summed E-state index contributed by atoms with van der Waals surface area (Å²) in [5.74, 6) is 1.60. The van der Waals surface area contributed by atoms with Crippen LogP contribution in [0.4, 0.5) is 4.39 Å². The van der Waals surface area contributed by atoms with E-state index in [0.29, 0.717) is 6.42 Å². The summed E-state index contributed by atoms with van der Waals surface area (Å²) >= 11 is 0. The van der Waals surface area contributed by atoms with Crippen LogP contribution in [-0.4, -0.2) is 6.17 Å². The van der Waals surface area contributed by atoms with Crippen molar-refractivity contribution < 1.29 is 4.39 Å². The molecule has 0 rings (SSSR count). The van der Waals surface area contributed by atoms with Gasteiger partial charge in [0.15, 0.2) is 0 Å². The van der Waals surface area contributed by atoms with E-state index in [1.165, 1.54) is 19.3 Å². The Morgan fingerprint density at radius 2 is 1.57 bits per heavy atom. The summed E-state index contributed by atoms with van der Waals surface area (Å²) in [7, 11) is 0. The van der Waals surface area contributed by atoms with Crippen LogP contribution in [0.25, 0.3) is 0 Å². The highest BCUT2D eigenvalue weighted by Gasteiger charge is 2.08. The zero-order chi connectivity index (χ0) is 11.0. The summed E-state index contributed by atoms with van der Waals surface area (Å²) in [6, 6.07) is 0. The largest absolute Gasteiger partial charge is 0.248 e. The predicted octanol–water partition coefficient (Wildman–Crippen LogP) is 4.98. The summed E-state index contributed by atoms with van der Waals surface area (Å²) in [6.07, 6.45) is 5.72. The van der Waals surface area contributed by atoms with Gasteiger partial charge in [-0.2, -0.15) is 0 Å². The Balaban J connectivity index is 3.39. The molecule has 0 heterocycles. The van der Waals surface area contributed by atoms with Crippen molar-refractivity contribution in [2.45, 2.75) is 72.4 Å². The van der Waals surface area contributed by atoms with Crippen molar-refractivity contribution in [2.24, 2.45) is 11.8 Å². The third-order valence-corrected chi connectivity index (χ3v) is 3.16. The Morgan fingerprint density at radius 1 is 0.929 bits per heavy atom. The first kappa shape index (κ1) is 13.9. The van der Waals surface area contributed by atoms with E-state index in [4.69, 9.17) is 0 Å². The predicted molar refractivity (Wildman–Crippen MR) is 62.3 cm³/mol. The Labute approximate surface area is 89.3 Å². The second kappa shape index (κ2) is 8.26. The SMILES string of the molecule is CCC(C)CC(C)CCCC(F)CC. The van der Waals surface area contributed by atoms with Gasteiger partial charge >= 0.3 is 0 Å². The zero-order valence-corrected chi connectivity index (χ0v) is 10.4. The Bertz CT molecular complexity index is 122. The second-order valence-corrected chi connectivity index (χ2v) is 4.79. The summed E-state index contributed by atoms with van der Waals surface area (Å²) in [4.78, 5) is 0. The molecule has 0 saturated carbocycles. The second-order valence-electron chi connectivity index (χ2n) is 4.79. The molecule has 0 N–H and O–H groups in total. The number of halogens is 1. The van der Waals surface area contributed by atoms with Crippen molar-refractivity contribution in [1.29, 1.82) is 0 Å². The lowest BCUT2D eigenvalue weighted by Gasteiger charge is -2.15. The maximum Gasteiger partial charge on any atom is 0.0999 e. The third-order valence-electron chi connectivity index (χ3n) is 3.16. The molecular formula is C13H27F. The fraction of sp³-hybridized carbons (Fsp3) is 1.00. The van der Waals surface area contributed by atoms with Crippen LogP contribution in [0.5, 0.6) is 0 Å². The van der Waals surface area contributed by atoms with Crippen LogP contribution in [-0.2, 0) is 0 Å². The van der Waals surface area contributed by atoms with E-state index in [2.05, 4.69) is 20.8 Å². The quantitative estimate of drug-likeness (QED) is 0.521. The van der Waals surface area contributed by atoms with E-state index in [9.17, 15) is 4.39 Å². The van der Waals surface area contributed by atoms with Crippen molar-refractivity contribution in [1.82, 2.24) is 0 Å². The lowest BCUT2D eigenvalue weighted by atomic mass is 9.91. The van der Waals surface area contributed by atoms with E-state index in [0.717, 1.165) is 24.7 Å². The molecule has 3 atom stereocenters. The van der Waals surface area contributed by atoms with Gasteiger partial charge in [-0.3, -0.25) is 0 Å². The minimum atomic E-state index is -0.564. The Morgan fingerprint density at radius 3 is 2.07 bits per heavy atom. The molecule has 0 radical (unpaired) electrons. The molecule has 14 heavy (non-hydrogen) atoms. The lowest BCUT2D eigenvalue weighted by Crippen LogP contribution is -2.04. The summed E-state index contributed by atoms with van der Waals surface area (Å²) in [5, 5.41) is 0. The van der Waals surface area contributed by atoms with Gasteiger partial charge in [0.25, 0.3) is 0 Å². The molecular weight excluding hydrogens is 175 g/mol. The molecule has 0 aromatic rings. The van der Waals surface area contributed by atoms with Crippen LogP contribution in [0.1, 0.15) is 66.2 Å². The first-order valence-corrected chi connectivity index (χ1v) is 6.24. The Kier molecular flexibility index (Phi) is 8.21. The summed E-state index contributed by atoms with van der Waals surface area (Å²) in [6.45, 7) is 8.77. The molecule has 3 unspecified atom stereocenters. The fourth-order valence-corrected chi connectivity index (χ4v) is 1.86. The summed E-state index contributed by atoms with van der Waals surface area (Å²) < 4.78 is 12.9. The number of alkyl halides is 1. The van der Waals surface area contributed by atoms with Gasteiger partial charge in [-0.1, -0.05) is 47.0 Å². The van der Waals surface area contributed by atoms with Gasteiger partial charge in [0.1, 0.15) is 0 Å². The molecule has 1 heteroatoms. The number of hydrogen-bond donors (Lipinski definition) is 0. The molecule has 86 valence electrons. The van der Waals surface area contributed by atoms with E-state index >= 15 is 0 Å². The smallest absolute Gasteiger partial charge is 0.0999 e. The van der Waals surface area contributed by atoms with Crippen LogP contribution in [0.15, 0.2) is 0 Å². The van der Waals surface area contributed by atoms with Gasteiger partial charge in [0.05, 0.1) is 6.17 Å². The average molecular weight is 202 g/mol. The van der Waals surface area contributed by atoms with Crippen molar-refractivity contribution in [3.05, 3.63) is 0 Å². The molecule has 0 fully saturated rings. The highest BCUT2D eigenvalue weighted by Crippen LogP contribution is 2.20. The number of rotatable bonds is 8. The highest BCUT2D eigenvalue weighted by molar-refractivity contribution is 4.61. The normalized spacial score (nSPS) is 17.8. The van der Waals surface area contributed by atoms with Crippen LogP contribution < -0.4 is 0 Å². The van der Waals surface area contributed by atoms with Gasteiger partial charge in [0, 0.05) is 0 Å². The molecule has 0 aliphatic rings. The molecule has 0 saturated heterocycles. The van der Waals surface area contributed by atoms with Gasteiger partial charge in [0.2, 0.25) is 0 Å². The van der Waals surface area contributed by atoms with Gasteiger partial charge in [-0.15, -0.1) is 0 Å². The molecule has 0 aliphatic carbocycles. The maximum absolute atomic E-state index is 12.9. The van der Waals surface area contributed by atoms with Crippen LogP contribution >= 0.6 is 0 Å².